The highest BCUT2D eigenvalue weighted by atomic mass is 32.1. The van der Waals surface area contributed by atoms with E-state index in [1.165, 1.54) is 17.6 Å². The second-order valence-electron chi connectivity index (χ2n) is 6.90. The van der Waals surface area contributed by atoms with Crippen molar-refractivity contribution in [3.63, 3.8) is 0 Å². The van der Waals surface area contributed by atoms with Crippen LogP contribution >= 0.6 is 11.3 Å². The molecule has 0 aliphatic heterocycles. The van der Waals surface area contributed by atoms with Gasteiger partial charge in [0, 0.05) is 4.88 Å². The van der Waals surface area contributed by atoms with Crippen LogP contribution in [0.4, 0.5) is 5.00 Å². The molecule has 29 heavy (non-hydrogen) atoms. The summed E-state index contributed by atoms with van der Waals surface area (Å²) in [6, 6.07) is 3.52. The highest BCUT2D eigenvalue weighted by Gasteiger charge is 2.29. The molecule has 2 aromatic rings. The van der Waals surface area contributed by atoms with Crippen LogP contribution in [0.3, 0.4) is 0 Å². The van der Waals surface area contributed by atoms with E-state index in [9.17, 15) is 19.5 Å². The first-order valence-electron chi connectivity index (χ1n) is 9.50. The van der Waals surface area contributed by atoms with Crippen LogP contribution in [0, 0.1) is 5.92 Å². The van der Waals surface area contributed by atoms with Gasteiger partial charge in [-0.05, 0) is 42.9 Å². The van der Waals surface area contributed by atoms with Gasteiger partial charge in [-0.15, -0.1) is 11.3 Å². The van der Waals surface area contributed by atoms with Crippen molar-refractivity contribution >= 4 is 34.1 Å². The number of carboxylic acid groups (broad SMARTS) is 1. The predicted molar refractivity (Wildman–Crippen MR) is 104 cm³/mol. The molecule has 2 N–H and O–H groups in total. The fourth-order valence-electron chi connectivity index (χ4n) is 3.39. The molecule has 1 aliphatic carbocycles. The minimum absolute atomic E-state index is 0.246. The van der Waals surface area contributed by atoms with Gasteiger partial charge in [-0.2, -0.15) is 0 Å². The highest BCUT2D eigenvalue weighted by molar-refractivity contribution is 7.17. The average Bonchev–Trinajstić information content (AvgIpc) is 3.32. The molecule has 0 spiro atoms. The third-order valence-electron chi connectivity index (χ3n) is 4.88. The summed E-state index contributed by atoms with van der Waals surface area (Å²) in [7, 11) is 0. The van der Waals surface area contributed by atoms with E-state index in [2.05, 4.69) is 17.6 Å². The fourth-order valence-corrected chi connectivity index (χ4v) is 4.77. The SMILES string of the molecule is CC[C@@H]1CCc2c(sc(NC(=O)COCC(=O)[O-])c2C(=O)NCc2ccco2)C1. The first kappa shape index (κ1) is 21.1. The number of aliphatic carboxylic acids is 1. The molecular formula is C20H23N2O6S-. The largest absolute Gasteiger partial charge is 0.548 e. The second-order valence-corrected chi connectivity index (χ2v) is 8.01. The monoisotopic (exact) mass is 419 g/mol. The summed E-state index contributed by atoms with van der Waals surface area (Å²) >= 11 is 1.40. The van der Waals surface area contributed by atoms with Gasteiger partial charge < -0.3 is 29.7 Å². The maximum atomic E-state index is 12.9. The highest BCUT2D eigenvalue weighted by Crippen LogP contribution is 2.40. The molecule has 1 atom stereocenters. The maximum Gasteiger partial charge on any atom is 0.254 e. The number of furan rings is 1. The Labute approximate surface area is 172 Å². The number of fused-ring (bicyclic) bond motifs is 1. The first-order chi connectivity index (χ1) is 14.0. The van der Waals surface area contributed by atoms with Crippen LogP contribution in [0.5, 0.6) is 0 Å². The third-order valence-corrected chi connectivity index (χ3v) is 6.05. The number of nitrogens with one attached hydrogen (secondary N) is 2. The number of carbonyl (C=O) groups is 3. The van der Waals surface area contributed by atoms with Gasteiger partial charge in [0.15, 0.2) is 0 Å². The first-order valence-corrected chi connectivity index (χ1v) is 10.3. The number of amides is 2. The normalized spacial score (nSPS) is 15.6. The third kappa shape index (κ3) is 5.45. The van der Waals surface area contributed by atoms with Gasteiger partial charge in [-0.3, -0.25) is 9.59 Å². The molecule has 1 aliphatic rings. The zero-order valence-corrected chi connectivity index (χ0v) is 16.9. The van der Waals surface area contributed by atoms with Gasteiger partial charge in [0.05, 0.1) is 30.9 Å². The summed E-state index contributed by atoms with van der Waals surface area (Å²) in [6.07, 6.45) is 5.27. The van der Waals surface area contributed by atoms with Crippen molar-refractivity contribution in [2.24, 2.45) is 5.92 Å². The van der Waals surface area contributed by atoms with Gasteiger partial charge >= 0.3 is 0 Å². The Balaban J connectivity index is 1.76. The molecule has 156 valence electrons. The molecule has 0 unspecified atom stereocenters. The van der Waals surface area contributed by atoms with Crippen LogP contribution in [0.2, 0.25) is 0 Å². The molecule has 0 saturated carbocycles. The van der Waals surface area contributed by atoms with Gasteiger partial charge in [-0.25, -0.2) is 0 Å². The van der Waals surface area contributed by atoms with Crippen molar-refractivity contribution in [2.75, 3.05) is 18.5 Å². The van der Waals surface area contributed by atoms with Crippen LogP contribution in [0.15, 0.2) is 22.8 Å². The molecule has 0 aromatic carbocycles. The Morgan fingerprint density at radius 2 is 2.17 bits per heavy atom. The molecule has 8 nitrogen and oxygen atoms in total. The molecule has 3 rings (SSSR count). The van der Waals surface area contributed by atoms with E-state index < -0.39 is 25.1 Å². The maximum absolute atomic E-state index is 12.9. The van der Waals surface area contributed by atoms with E-state index in [4.69, 9.17) is 9.15 Å². The summed E-state index contributed by atoms with van der Waals surface area (Å²) in [4.78, 5) is 36.6. The number of carbonyl (C=O) groups excluding carboxylic acids is 3. The van der Waals surface area contributed by atoms with Gasteiger partial charge in [-0.1, -0.05) is 13.3 Å². The number of hydrogen-bond acceptors (Lipinski definition) is 7. The van der Waals surface area contributed by atoms with E-state index in [0.29, 0.717) is 22.2 Å². The smallest absolute Gasteiger partial charge is 0.254 e. The van der Waals surface area contributed by atoms with Crippen molar-refractivity contribution in [1.29, 1.82) is 0 Å². The minimum atomic E-state index is -1.40. The Kier molecular flexibility index (Phi) is 7.05. The lowest BCUT2D eigenvalue weighted by molar-refractivity contribution is -0.309. The van der Waals surface area contributed by atoms with Gasteiger partial charge in [0.1, 0.15) is 17.4 Å². The Morgan fingerprint density at radius 1 is 1.34 bits per heavy atom. The zero-order valence-electron chi connectivity index (χ0n) is 16.1. The fraction of sp³-hybridized carbons (Fsp3) is 0.450. The average molecular weight is 419 g/mol. The number of hydrogen-bond donors (Lipinski definition) is 2. The molecule has 2 amide bonds. The molecule has 0 bridgehead atoms. The van der Waals surface area contributed by atoms with Crippen LogP contribution in [0.1, 0.15) is 46.3 Å². The standard InChI is InChI=1S/C20H24N2O6S/c1-2-12-5-6-14-15(8-12)29-20(22-16(23)10-27-11-17(24)25)18(14)19(26)21-9-13-4-3-7-28-13/h3-4,7,12H,2,5-6,8-11H2,1H3,(H,21,26)(H,22,23)(H,24,25)/p-1/t12-/m1/s1. The lowest BCUT2D eigenvalue weighted by Gasteiger charge is -2.21. The Hall–Kier alpha value is -2.65. The molecule has 0 fully saturated rings. The van der Waals surface area contributed by atoms with E-state index in [1.54, 1.807) is 12.1 Å². The Bertz CT molecular complexity index is 874. The molecule has 9 heteroatoms. The number of thiophene rings is 1. The van der Waals surface area contributed by atoms with E-state index in [1.807, 2.05) is 0 Å². The molecule has 2 aromatic heterocycles. The summed E-state index contributed by atoms with van der Waals surface area (Å²) < 4.78 is 10.0. The quantitative estimate of drug-likeness (QED) is 0.635. The van der Waals surface area contributed by atoms with Crippen LogP contribution in [-0.2, 0) is 33.7 Å². The van der Waals surface area contributed by atoms with Crippen molar-refractivity contribution in [2.45, 2.75) is 39.2 Å². The van der Waals surface area contributed by atoms with Crippen molar-refractivity contribution in [3.05, 3.63) is 40.2 Å². The van der Waals surface area contributed by atoms with Crippen molar-refractivity contribution in [3.8, 4) is 0 Å². The van der Waals surface area contributed by atoms with E-state index in [-0.39, 0.29) is 12.5 Å². The van der Waals surface area contributed by atoms with Gasteiger partial charge in [0.25, 0.3) is 11.8 Å². The number of ether oxygens (including phenoxy) is 1. The lowest BCUT2D eigenvalue weighted by Crippen LogP contribution is -2.30. The summed E-state index contributed by atoms with van der Waals surface area (Å²) in [5.74, 6) is -0.991. The van der Waals surface area contributed by atoms with E-state index >= 15 is 0 Å². The minimum Gasteiger partial charge on any atom is -0.548 e. The summed E-state index contributed by atoms with van der Waals surface area (Å²) in [6.45, 7) is 1.30. The van der Waals surface area contributed by atoms with Crippen LogP contribution in [-0.4, -0.2) is 31.0 Å². The van der Waals surface area contributed by atoms with Gasteiger partial charge in [0.2, 0.25) is 0 Å². The molecular weight excluding hydrogens is 396 g/mol. The lowest BCUT2D eigenvalue weighted by atomic mass is 9.85. The topological polar surface area (TPSA) is 121 Å². The number of carboxylic acids is 1. The van der Waals surface area contributed by atoms with Crippen LogP contribution in [0.25, 0.3) is 0 Å². The molecule has 0 saturated heterocycles. The van der Waals surface area contributed by atoms with Crippen molar-refractivity contribution in [1.82, 2.24) is 5.32 Å². The number of anilines is 1. The Morgan fingerprint density at radius 3 is 2.86 bits per heavy atom. The summed E-state index contributed by atoms with van der Waals surface area (Å²) in [5.41, 5.74) is 1.45. The van der Waals surface area contributed by atoms with E-state index in [0.717, 1.165) is 36.1 Å². The molecule has 0 radical (unpaired) electrons. The summed E-state index contributed by atoms with van der Waals surface area (Å²) in [5, 5.41) is 16.4. The molecule has 2 heterocycles. The predicted octanol–water partition coefficient (Wildman–Crippen LogP) is 1.49. The van der Waals surface area contributed by atoms with Crippen molar-refractivity contribution < 1.29 is 28.6 Å². The number of rotatable bonds is 9. The zero-order chi connectivity index (χ0) is 20.8. The van der Waals surface area contributed by atoms with Crippen LogP contribution < -0.4 is 15.7 Å². The second kappa shape index (κ2) is 9.71.